The maximum atomic E-state index is 12.4. The van der Waals surface area contributed by atoms with Gasteiger partial charge in [-0.15, -0.1) is 0 Å². The summed E-state index contributed by atoms with van der Waals surface area (Å²) in [4.78, 5) is 10.8. The summed E-state index contributed by atoms with van der Waals surface area (Å²) >= 11 is 0. The number of ketones is 1. The molecule has 0 atom stereocenters. The van der Waals surface area contributed by atoms with Crippen molar-refractivity contribution in [1.29, 1.82) is 0 Å². The predicted octanol–water partition coefficient (Wildman–Crippen LogP) is 4.47. The Hall–Kier alpha value is -1.74. The molecule has 0 saturated heterocycles. The van der Waals surface area contributed by atoms with Crippen LogP contribution >= 0.6 is 0 Å². The van der Waals surface area contributed by atoms with Crippen LogP contribution in [0.25, 0.3) is 0 Å². The molecule has 1 nitrogen and oxygen atoms in total. The molecule has 112 valence electrons. The lowest BCUT2D eigenvalue weighted by molar-refractivity contribution is -0.142. The first-order valence-corrected chi connectivity index (χ1v) is 4.64. The largest absolute Gasteiger partial charge is 0.454 e. The molecule has 0 aliphatic carbocycles. The summed E-state index contributed by atoms with van der Waals surface area (Å²) in [6.07, 6.45) is -16.3. The molecule has 0 heterocycles. The fraction of sp³-hybridized carbons (Fsp3) is 0.300. The summed E-state index contributed by atoms with van der Waals surface area (Å²) in [5, 5.41) is 0. The summed E-state index contributed by atoms with van der Waals surface area (Å²) in [7, 11) is 0. The van der Waals surface area contributed by atoms with Gasteiger partial charge in [-0.05, 0) is 18.2 Å². The number of benzene rings is 1. The Morgan fingerprint density at radius 3 is 1.65 bits per heavy atom. The monoisotopic (exact) mass is 310 g/mol. The maximum absolute atomic E-state index is 12.4. The van der Waals surface area contributed by atoms with Gasteiger partial charge in [0.05, 0.1) is 11.1 Å². The molecule has 0 saturated carbocycles. The average Bonchev–Trinajstić information content (AvgIpc) is 2.23. The van der Waals surface area contributed by atoms with Crippen molar-refractivity contribution in [2.45, 2.75) is 18.5 Å². The minimum atomic E-state index is -5.72. The van der Waals surface area contributed by atoms with Gasteiger partial charge in [0.25, 0.3) is 5.78 Å². The fourth-order valence-electron chi connectivity index (χ4n) is 1.31. The van der Waals surface area contributed by atoms with Crippen LogP contribution in [0.3, 0.4) is 0 Å². The number of hydrogen-bond donors (Lipinski definition) is 0. The van der Waals surface area contributed by atoms with E-state index in [1.54, 1.807) is 0 Å². The molecule has 0 aromatic heterocycles. The van der Waals surface area contributed by atoms with E-state index in [1.165, 1.54) is 0 Å². The molecule has 0 amide bonds. The number of carbonyl (C=O) groups excluding carboxylic acids is 1. The van der Waals surface area contributed by atoms with Gasteiger partial charge in [-0.1, -0.05) is 0 Å². The van der Waals surface area contributed by atoms with Gasteiger partial charge in [-0.3, -0.25) is 4.79 Å². The van der Waals surface area contributed by atoms with Gasteiger partial charge in [-0.25, -0.2) is 0 Å². The van der Waals surface area contributed by atoms with E-state index in [1.807, 2.05) is 0 Å². The molecule has 1 aromatic carbocycles. The lowest BCUT2D eigenvalue weighted by atomic mass is 9.99. The molecule has 20 heavy (non-hydrogen) atoms. The van der Waals surface area contributed by atoms with Crippen molar-refractivity contribution in [3.05, 3.63) is 34.9 Å². The van der Waals surface area contributed by atoms with E-state index in [2.05, 4.69) is 0 Å². The van der Waals surface area contributed by atoms with Crippen molar-refractivity contribution < 1.29 is 44.3 Å². The highest BCUT2D eigenvalue weighted by atomic mass is 19.4. The van der Waals surface area contributed by atoms with E-state index in [0.29, 0.717) is 0 Å². The smallest absolute Gasteiger partial charge is 0.284 e. The Labute approximate surface area is 105 Å². The first-order valence-electron chi connectivity index (χ1n) is 4.64. The minimum Gasteiger partial charge on any atom is -0.284 e. The van der Waals surface area contributed by atoms with E-state index in [4.69, 9.17) is 0 Å². The van der Waals surface area contributed by atoms with Crippen LogP contribution in [0, 0.1) is 0 Å². The van der Waals surface area contributed by atoms with Gasteiger partial charge in [0.2, 0.25) is 0 Å². The van der Waals surface area contributed by atoms with Crippen LogP contribution in [0.1, 0.15) is 21.5 Å². The van der Waals surface area contributed by atoms with E-state index < -0.39 is 47.1 Å². The zero-order chi connectivity index (χ0) is 15.9. The van der Waals surface area contributed by atoms with Gasteiger partial charge >= 0.3 is 18.5 Å². The number of hydrogen-bond acceptors (Lipinski definition) is 1. The third-order valence-corrected chi connectivity index (χ3v) is 2.15. The van der Waals surface area contributed by atoms with Crippen LogP contribution in [0.15, 0.2) is 18.2 Å². The summed E-state index contributed by atoms with van der Waals surface area (Å²) in [5.41, 5.74) is -5.94. The molecule has 1 rings (SSSR count). The first kappa shape index (κ1) is 16.3. The third-order valence-electron chi connectivity index (χ3n) is 2.15. The topological polar surface area (TPSA) is 17.1 Å². The van der Waals surface area contributed by atoms with E-state index in [9.17, 15) is 44.3 Å². The van der Waals surface area contributed by atoms with Gasteiger partial charge in [-0.2, -0.15) is 39.5 Å². The van der Waals surface area contributed by atoms with Crippen LogP contribution in [0.2, 0.25) is 0 Å². The van der Waals surface area contributed by atoms with E-state index in [-0.39, 0.29) is 12.1 Å². The van der Waals surface area contributed by atoms with Crippen molar-refractivity contribution in [3.8, 4) is 0 Å². The molecule has 0 radical (unpaired) electrons. The highest BCUT2D eigenvalue weighted by molar-refractivity contribution is 6.01. The Balaban J connectivity index is 3.55. The number of carbonyl (C=O) groups is 1. The minimum absolute atomic E-state index is 0.0457. The highest BCUT2D eigenvalue weighted by Crippen LogP contribution is 2.38. The van der Waals surface area contributed by atoms with Gasteiger partial charge in [0.1, 0.15) is 0 Å². The van der Waals surface area contributed by atoms with Crippen LogP contribution in [-0.2, 0) is 12.4 Å². The van der Waals surface area contributed by atoms with Crippen molar-refractivity contribution in [1.82, 2.24) is 0 Å². The second-order valence-corrected chi connectivity index (χ2v) is 3.58. The first-order chi connectivity index (χ1) is 8.74. The SMILES string of the molecule is O=C(c1cc(C(F)(F)F)ccc1C(F)(F)F)C(F)(F)F. The Bertz CT molecular complexity index is 521. The molecular weight excluding hydrogens is 307 g/mol. The second-order valence-electron chi connectivity index (χ2n) is 3.58. The van der Waals surface area contributed by atoms with Crippen molar-refractivity contribution in [3.63, 3.8) is 0 Å². The number of rotatable bonds is 1. The van der Waals surface area contributed by atoms with E-state index in [0.717, 1.165) is 0 Å². The molecule has 0 aliphatic rings. The Morgan fingerprint density at radius 1 is 0.800 bits per heavy atom. The number of alkyl halides is 9. The number of halogens is 9. The summed E-state index contributed by atoms with van der Waals surface area (Å²) < 4.78 is 111. The van der Waals surface area contributed by atoms with Crippen molar-refractivity contribution in [2.24, 2.45) is 0 Å². The fourth-order valence-corrected chi connectivity index (χ4v) is 1.31. The Kier molecular flexibility index (Phi) is 3.81. The Morgan fingerprint density at radius 2 is 1.30 bits per heavy atom. The summed E-state index contributed by atoms with van der Waals surface area (Å²) in [6.45, 7) is 0. The van der Waals surface area contributed by atoms with Crippen LogP contribution in [0.4, 0.5) is 39.5 Å². The van der Waals surface area contributed by atoms with Crippen molar-refractivity contribution in [2.75, 3.05) is 0 Å². The molecule has 10 heteroatoms. The van der Waals surface area contributed by atoms with Gasteiger partial charge < -0.3 is 0 Å². The lowest BCUT2D eigenvalue weighted by Crippen LogP contribution is -2.26. The van der Waals surface area contributed by atoms with Crippen molar-refractivity contribution >= 4 is 5.78 Å². The highest BCUT2D eigenvalue weighted by Gasteiger charge is 2.46. The van der Waals surface area contributed by atoms with E-state index >= 15 is 0 Å². The standard InChI is InChI=1S/C10H3F9O/c11-8(12,13)4-1-2-6(9(14,15)16)5(3-4)7(20)10(17,18)19/h1-3H. The molecule has 0 fully saturated rings. The normalized spacial score (nSPS) is 13.4. The molecule has 0 N–H and O–H groups in total. The molecular formula is C10H3F9O. The molecule has 0 bridgehead atoms. The molecule has 0 unspecified atom stereocenters. The molecule has 0 spiro atoms. The zero-order valence-corrected chi connectivity index (χ0v) is 9.04. The van der Waals surface area contributed by atoms with Gasteiger partial charge in [0.15, 0.2) is 0 Å². The maximum Gasteiger partial charge on any atom is 0.454 e. The predicted molar refractivity (Wildman–Crippen MR) is 46.8 cm³/mol. The summed E-state index contributed by atoms with van der Waals surface area (Å²) in [5.74, 6) is -2.99. The molecule has 1 aromatic rings. The molecule has 0 aliphatic heterocycles. The zero-order valence-electron chi connectivity index (χ0n) is 9.04. The quantitative estimate of drug-likeness (QED) is 0.552. The van der Waals surface area contributed by atoms with Crippen LogP contribution in [-0.4, -0.2) is 12.0 Å². The summed E-state index contributed by atoms with van der Waals surface area (Å²) in [6, 6.07) is -0.712. The van der Waals surface area contributed by atoms with Gasteiger partial charge in [0, 0.05) is 5.56 Å². The van der Waals surface area contributed by atoms with Crippen LogP contribution < -0.4 is 0 Å². The second kappa shape index (κ2) is 4.67. The van der Waals surface area contributed by atoms with Crippen LogP contribution in [0.5, 0.6) is 0 Å². The number of Topliss-reactive ketones (excluding diaryl/α,β-unsaturated/α-hetero) is 1. The third kappa shape index (κ3) is 3.42. The lowest BCUT2D eigenvalue weighted by Gasteiger charge is -2.15. The average molecular weight is 310 g/mol.